The van der Waals surface area contributed by atoms with E-state index in [1.54, 1.807) is 12.1 Å². The lowest BCUT2D eigenvalue weighted by Crippen LogP contribution is -2.31. The number of aromatic amines is 1. The molecule has 2 aromatic heterocycles. The van der Waals surface area contributed by atoms with Crippen molar-refractivity contribution in [3.63, 3.8) is 0 Å². The molecule has 5 rings (SSSR count). The van der Waals surface area contributed by atoms with Gasteiger partial charge in [0.25, 0.3) is 0 Å². The molecule has 2 aromatic carbocycles. The molecular formula is C32H38N8O2. The predicted molar refractivity (Wildman–Crippen MR) is 164 cm³/mol. The van der Waals surface area contributed by atoms with Crippen molar-refractivity contribution in [2.24, 2.45) is 23.5 Å². The first-order valence-corrected chi connectivity index (χ1v) is 14.5. The molecule has 0 aliphatic heterocycles. The Labute approximate surface area is 246 Å². The van der Waals surface area contributed by atoms with Crippen LogP contribution in [0.1, 0.15) is 37.7 Å². The van der Waals surface area contributed by atoms with E-state index in [1.807, 2.05) is 67.7 Å². The van der Waals surface area contributed by atoms with Crippen molar-refractivity contribution in [2.75, 3.05) is 30.9 Å². The minimum atomic E-state index is -0.492. The fourth-order valence-electron chi connectivity index (χ4n) is 5.56. The summed E-state index contributed by atoms with van der Waals surface area (Å²) in [5, 5.41) is 17.0. The first-order chi connectivity index (χ1) is 20.4. The number of nitrogens with zero attached hydrogens (tertiary/aromatic N) is 5. The number of Topliss-reactive ketones (excluding diaryl/α,β-unsaturated/α-hetero) is 1. The zero-order valence-corrected chi connectivity index (χ0v) is 24.2. The van der Waals surface area contributed by atoms with Gasteiger partial charge < -0.3 is 16.0 Å². The number of pyridine rings is 1. The van der Waals surface area contributed by atoms with Gasteiger partial charge in [0.1, 0.15) is 11.6 Å². The third-order valence-electron chi connectivity index (χ3n) is 8.19. The molecule has 1 atom stereocenters. The SMILES string of the molecule is CN(C)c1ccc(-c2ccc(C[C@H](CC(=O)C3CCC(CN)CC3)C(=O)Nc3ccc(-c4nn[nH]n4)cc3)cc2)cn1. The van der Waals surface area contributed by atoms with Crippen molar-refractivity contribution in [3.8, 4) is 22.5 Å². The van der Waals surface area contributed by atoms with Crippen molar-refractivity contribution in [3.05, 3.63) is 72.4 Å². The lowest BCUT2D eigenvalue weighted by atomic mass is 9.77. The van der Waals surface area contributed by atoms with Gasteiger partial charge in [-0.25, -0.2) is 4.98 Å². The Balaban J connectivity index is 1.29. The first kappa shape index (κ1) is 29.1. The van der Waals surface area contributed by atoms with Crippen molar-refractivity contribution < 1.29 is 9.59 Å². The maximum absolute atomic E-state index is 13.6. The summed E-state index contributed by atoms with van der Waals surface area (Å²) >= 11 is 0. The van der Waals surface area contributed by atoms with Gasteiger partial charge in [-0.3, -0.25) is 9.59 Å². The van der Waals surface area contributed by atoms with Crippen LogP contribution in [0.3, 0.4) is 0 Å². The highest BCUT2D eigenvalue weighted by Crippen LogP contribution is 2.31. The van der Waals surface area contributed by atoms with E-state index in [0.717, 1.165) is 53.8 Å². The largest absolute Gasteiger partial charge is 0.363 e. The Morgan fingerprint density at radius 3 is 2.24 bits per heavy atom. The number of rotatable bonds is 11. The van der Waals surface area contributed by atoms with Gasteiger partial charge in [0, 0.05) is 55.4 Å². The van der Waals surface area contributed by atoms with Crippen LogP contribution in [0.2, 0.25) is 0 Å². The van der Waals surface area contributed by atoms with Crippen molar-refractivity contribution in [1.29, 1.82) is 0 Å². The molecule has 0 saturated heterocycles. The van der Waals surface area contributed by atoms with E-state index in [9.17, 15) is 9.59 Å². The molecule has 2 heterocycles. The summed E-state index contributed by atoms with van der Waals surface area (Å²) in [6, 6.07) is 19.5. The van der Waals surface area contributed by atoms with Gasteiger partial charge in [0.15, 0.2) is 0 Å². The second-order valence-electron chi connectivity index (χ2n) is 11.3. The van der Waals surface area contributed by atoms with Crippen molar-refractivity contribution in [1.82, 2.24) is 25.6 Å². The second-order valence-corrected chi connectivity index (χ2v) is 11.3. The summed E-state index contributed by atoms with van der Waals surface area (Å²) in [6.45, 7) is 0.670. The van der Waals surface area contributed by atoms with Crippen LogP contribution in [0.5, 0.6) is 0 Å². The molecule has 1 aliphatic carbocycles. The Hall–Kier alpha value is -4.44. The number of amides is 1. The summed E-state index contributed by atoms with van der Waals surface area (Å²) in [5.41, 5.74) is 10.4. The van der Waals surface area contributed by atoms with E-state index < -0.39 is 5.92 Å². The molecule has 1 saturated carbocycles. The summed E-state index contributed by atoms with van der Waals surface area (Å²) in [5.74, 6) is 1.38. The van der Waals surface area contributed by atoms with Gasteiger partial charge in [-0.1, -0.05) is 24.3 Å². The number of benzene rings is 2. The zero-order chi connectivity index (χ0) is 29.5. The average molecular weight is 567 g/mol. The van der Waals surface area contributed by atoms with E-state index in [4.69, 9.17) is 5.73 Å². The fourth-order valence-corrected chi connectivity index (χ4v) is 5.56. The molecule has 10 heteroatoms. The number of hydrogen-bond acceptors (Lipinski definition) is 8. The fraction of sp³-hybridized carbons (Fsp3) is 0.375. The van der Waals surface area contributed by atoms with Crippen LogP contribution >= 0.6 is 0 Å². The summed E-state index contributed by atoms with van der Waals surface area (Å²) in [4.78, 5) is 33.5. The Bertz CT molecular complexity index is 1440. The Morgan fingerprint density at radius 1 is 0.952 bits per heavy atom. The molecule has 1 fully saturated rings. The summed E-state index contributed by atoms with van der Waals surface area (Å²) < 4.78 is 0. The summed E-state index contributed by atoms with van der Waals surface area (Å²) in [6.07, 6.45) is 6.19. The van der Waals surface area contributed by atoms with E-state index in [-0.39, 0.29) is 24.0 Å². The van der Waals surface area contributed by atoms with E-state index in [0.29, 0.717) is 30.4 Å². The van der Waals surface area contributed by atoms with Crippen molar-refractivity contribution in [2.45, 2.75) is 38.5 Å². The maximum atomic E-state index is 13.6. The third kappa shape index (κ3) is 7.25. The number of ketones is 1. The number of tetrazole rings is 1. The number of carbonyl (C=O) groups is 2. The number of aromatic nitrogens is 5. The lowest BCUT2D eigenvalue weighted by Gasteiger charge is -2.27. The van der Waals surface area contributed by atoms with E-state index in [1.165, 1.54) is 0 Å². The average Bonchev–Trinajstić information content (AvgIpc) is 3.57. The van der Waals surface area contributed by atoms with E-state index in [2.05, 4.69) is 37.0 Å². The van der Waals surface area contributed by atoms with Gasteiger partial charge in [-0.15, -0.1) is 10.2 Å². The number of nitrogens with two attached hydrogens (primary N) is 1. The van der Waals surface area contributed by atoms with Gasteiger partial charge >= 0.3 is 0 Å². The maximum Gasteiger partial charge on any atom is 0.228 e. The monoisotopic (exact) mass is 566 g/mol. The standard InChI is InChI=1S/C32H38N8O2/c1-40(2)30-16-13-26(20-34-30)23-7-3-21(4-8-23)17-27(18-29(41)24-9-5-22(19-33)6-10-24)32(42)35-28-14-11-25(12-15-28)31-36-38-39-37-31/h3-4,7-8,11-16,20,22,24,27H,5-6,9-10,17-19,33H2,1-2H3,(H,35,42)(H,36,37,38,39)/t22?,24?,27-/m1/s1. The molecule has 1 amide bonds. The molecule has 0 unspecified atom stereocenters. The van der Waals surface area contributed by atoms with E-state index >= 15 is 0 Å². The van der Waals surface area contributed by atoms with Crippen LogP contribution in [-0.2, 0) is 16.0 Å². The molecule has 0 radical (unpaired) electrons. The van der Waals surface area contributed by atoms with Gasteiger partial charge in [0.2, 0.25) is 11.7 Å². The smallest absolute Gasteiger partial charge is 0.228 e. The second kappa shape index (κ2) is 13.5. The highest BCUT2D eigenvalue weighted by molar-refractivity contribution is 5.96. The molecule has 0 spiro atoms. The topological polar surface area (TPSA) is 143 Å². The number of carbonyl (C=O) groups excluding carboxylic acids is 2. The Kier molecular flexibility index (Phi) is 9.33. The quantitative estimate of drug-likeness (QED) is 0.241. The number of hydrogen-bond donors (Lipinski definition) is 3. The molecule has 42 heavy (non-hydrogen) atoms. The zero-order valence-electron chi connectivity index (χ0n) is 24.2. The molecule has 4 N–H and O–H groups in total. The van der Waals surface area contributed by atoms with Gasteiger partial charge in [-0.05, 0) is 97.3 Å². The van der Waals surface area contributed by atoms with Crippen LogP contribution in [0.15, 0.2) is 66.9 Å². The van der Waals surface area contributed by atoms with Crippen LogP contribution in [0.4, 0.5) is 11.5 Å². The number of nitrogens with one attached hydrogen (secondary N) is 2. The van der Waals surface area contributed by atoms with Crippen LogP contribution in [-0.4, -0.2) is 57.9 Å². The molecular weight excluding hydrogens is 528 g/mol. The molecule has 218 valence electrons. The highest BCUT2D eigenvalue weighted by Gasteiger charge is 2.30. The molecule has 10 nitrogen and oxygen atoms in total. The first-order valence-electron chi connectivity index (χ1n) is 14.5. The Morgan fingerprint density at radius 2 is 1.64 bits per heavy atom. The predicted octanol–water partition coefficient (Wildman–Crippen LogP) is 4.52. The molecule has 0 bridgehead atoms. The van der Waals surface area contributed by atoms with Gasteiger partial charge in [-0.2, -0.15) is 5.21 Å². The van der Waals surface area contributed by atoms with Crippen molar-refractivity contribution >= 4 is 23.2 Å². The normalized spacial score (nSPS) is 17.4. The third-order valence-corrected chi connectivity index (χ3v) is 8.19. The minimum absolute atomic E-state index is 0.00245. The minimum Gasteiger partial charge on any atom is -0.363 e. The number of anilines is 2. The van der Waals surface area contributed by atoms with Crippen LogP contribution in [0.25, 0.3) is 22.5 Å². The van der Waals surface area contributed by atoms with Crippen LogP contribution < -0.4 is 16.0 Å². The van der Waals surface area contributed by atoms with Gasteiger partial charge in [0.05, 0.1) is 0 Å². The highest BCUT2D eigenvalue weighted by atomic mass is 16.2. The molecule has 1 aliphatic rings. The molecule has 4 aromatic rings. The number of H-pyrrole nitrogens is 1. The summed E-state index contributed by atoms with van der Waals surface area (Å²) in [7, 11) is 3.93. The van der Waals surface area contributed by atoms with Crippen LogP contribution in [0, 0.1) is 17.8 Å². The lowest BCUT2D eigenvalue weighted by molar-refractivity contribution is -0.129.